The Labute approximate surface area is 218 Å². The van der Waals surface area contributed by atoms with Gasteiger partial charge in [-0.05, 0) is 60.7 Å². The zero-order valence-corrected chi connectivity index (χ0v) is 20.7. The molecule has 0 radical (unpaired) electrons. The first kappa shape index (κ1) is 25.5. The minimum absolute atomic E-state index is 0.459. The zero-order valence-electron chi connectivity index (χ0n) is 19.1. The number of hydrogen-bond acceptors (Lipinski definition) is 8. The molecule has 184 valence electrons. The van der Waals surface area contributed by atoms with E-state index in [1.165, 1.54) is 24.5 Å². The molecule has 6 heterocycles. The molecule has 0 aliphatic heterocycles. The highest BCUT2D eigenvalue weighted by Gasteiger charge is 2.00. The van der Waals surface area contributed by atoms with Gasteiger partial charge in [0.1, 0.15) is 11.6 Å². The van der Waals surface area contributed by atoms with Gasteiger partial charge in [0.05, 0.1) is 22.1 Å². The van der Waals surface area contributed by atoms with E-state index in [1.54, 1.807) is 36.7 Å². The highest BCUT2D eigenvalue weighted by molar-refractivity contribution is 9.10. The fraction of sp³-hybridized carbons (Fsp3) is 0. The number of pyridine rings is 6. The maximum atomic E-state index is 12.9. The molecule has 0 bridgehead atoms. The molecule has 0 amide bonds. The Morgan fingerprint density at radius 3 is 1.86 bits per heavy atom. The first-order valence-electron chi connectivity index (χ1n) is 10.8. The van der Waals surface area contributed by atoms with E-state index in [9.17, 15) is 8.78 Å². The third-order valence-corrected chi connectivity index (χ3v) is 5.11. The van der Waals surface area contributed by atoms with Crippen LogP contribution in [0.5, 0.6) is 0 Å². The van der Waals surface area contributed by atoms with E-state index in [4.69, 9.17) is 5.73 Å². The van der Waals surface area contributed by atoms with Crippen molar-refractivity contribution in [2.45, 2.75) is 0 Å². The summed E-state index contributed by atoms with van der Waals surface area (Å²) in [5.41, 5.74) is 9.42. The molecule has 11 heteroatoms. The minimum atomic E-state index is -0.526. The Hall–Kier alpha value is -4.64. The van der Waals surface area contributed by atoms with Gasteiger partial charge >= 0.3 is 0 Å². The normalized spacial score (nSPS) is 10.1. The van der Waals surface area contributed by atoms with Gasteiger partial charge in [0, 0.05) is 47.1 Å². The van der Waals surface area contributed by atoms with Crippen molar-refractivity contribution in [3.63, 3.8) is 0 Å². The van der Waals surface area contributed by atoms with Gasteiger partial charge in [-0.3, -0.25) is 9.97 Å². The third-order valence-electron chi connectivity index (χ3n) is 4.62. The number of rotatable bonds is 2. The SMILES string of the molecule is Fc1cc(Br)ccn1.Fc1cc(Nc2ccc3ncccc3n2)ccn1.Nc1ccc2ncccc2n1. The van der Waals surface area contributed by atoms with E-state index in [2.05, 4.69) is 51.2 Å². The van der Waals surface area contributed by atoms with Crippen LogP contribution in [-0.4, -0.2) is 29.9 Å². The highest BCUT2D eigenvalue weighted by atomic mass is 79.9. The summed E-state index contributed by atoms with van der Waals surface area (Å²) in [6.45, 7) is 0. The first-order chi connectivity index (χ1) is 18.0. The molecule has 6 aromatic heterocycles. The van der Waals surface area contributed by atoms with Crippen LogP contribution >= 0.6 is 15.9 Å². The van der Waals surface area contributed by atoms with Crippen molar-refractivity contribution in [2.24, 2.45) is 0 Å². The second-order valence-corrected chi connectivity index (χ2v) is 8.22. The standard InChI is InChI=1S/C13H9FN4.C8H7N3.C5H3BrFN/c14-12-8-9(5-7-16-12)17-13-4-3-10-11(18-13)2-1-6-15-10;9-8-4-3-6-7(11-8)2-1-5-10-6;6-4-1-2-8-5(7)3-4/h1-8H,(H,16,17,18);1-5H,(H2,9,11);1-3H. The fourth-order valence-electron chi connectivity index (χ4n) is 3.01. The number of nitrogens with one attached hydrogen (secondary N) is 1. The number of nitrogen functional groups attached to an aromatic ring is 1. The Kier molecular flexibility index (Phi) is 8.50. The van der Waals surface area contributed by atoms with Crippen molar-refractivity contribution >= 4 is 55.3 Å². The van der Waals surface area contributed by atoms with Crippen LogP contribution in [0.1, 0.15) is 0 Å². The summed E-state index contributed by atoms with van der Waals surface area (Å²) in [4.78, 5) is 23.6. The van der Waals surface area contributed by atoms with Gasteiger partial charge < -0.3 is 11.1 Å². The Morgan fingerprint density at radius 1 is 0.622 bits per heavy atom. The van der Waals surface area contributed by atoms with Crippen LogP contribution in [0.2, 0.25) is 0 Å². The second-order valence-electron chi connectivity index (χ2n) is 7.30. The quantitative estimate of drug-likeness (QED) is 0.244. The number of hydrogen-bond donors (Lipinski definition) is 2. The molecular formula is C26H19BrF2N8. The fourth-order valence-corrected chi connectivity index (χ4v) is 3.31. The number of fused-ring (bicyclic) bond motifs is 2. The van der Waals surface area contributed by atoms with Crippen LogP contribution in [0, 0.1) is 11.9 Å². The maximum absolute atomic E-state index is 12.9. The van der Waals surface area contributed by atoms with Gasteiger partial charge in [-0.25, -0.2) is 19.9 Å². The predicted octanol–water partition coefficient (Wildman–Crippen LogP) is 6.10. The molecule has 0 fully saturated rings. The smallest absolute Gasteiger partial charge is 0.214 e. The molecule has 6 aromatic rings. The summed E-state index contributed by atoms with van der Waals surface area (Å²) >= 11 is 3.08. The number of halogens is 3. The van der Waals surface area contributed by atoms with Crippen LogP contribution in [0.4, 0.5) is 26.1 Å². The lowest BCUT2D eigenvalue weighted by atomic mass is 10.3. The Balaban J connectivity index is 0.000000143. The number of aromatic nitrogens is 6. The van der Waals surface area contributed by atoms with Crippen LogP contribution < -0.4 is 11.1 Å². The van der Waals surface area contributed by atoms with Crippen LogP contribution in [0.3, 0.4) is 0 Å². The van der Waals surface area contributed by atoms with Gasteiger partial charge in [0.15, 0.2) is 0 Å². The number of nitrogens with two attached hydrogens (primary N) is 1. The van der Waals surface area contributed by atoms with Crippen molar-refractivity contribution in [1.82, 2.24) is 29.9 Å². The van der Waals surface area contributed by atoms with Crippen molar-refractivity contribution in [1.29, 1.82) is 0 Å². The van der Waals surface area contributed by atoms with Crippen LogP contribution in [0.15, 0.2) is 102 Å². The summed E-state index contributed by atoms with van der Waals surface area (Å²) in [7, 11) is 0. The van der Waals surface area contributed by atoms with Gasteiger partial charge in [-0.1, -0.05) is 15.9 Å². The molecule has 0 unspecified atom stereocenters. The highest BCUT2D eigenvalue weighted by Crippen LogP contribution is 2.17. The lowest BCUT2D eigenvalue weighted by molar-refractivity contribution is 0.582. The molecule has 0 aliphatic carbocycles. The average molecular weight is 561 g/mol. The first-order valence-corrected chi connectivity index (χ1v) is 11.6. The molecule has 0 spiro atoms. The van der Waals surface area contributed by atoms with E-state index < -0.39 is 11.9 Å². The molecule has 0 aromatic carbocycles. The van der Waals surface area contributed by atoms with E-state index in [0.717, 1.165) is 22.1 Å². The molecule has 37 heavy (non-hydrogen) atoms. The monoisotopic (exact) mass is 560 g/mol. The topological polar surface area (TPSA) is 115 Å². The van der Waals surface area contributed by atoms with Crippen LogP contribution in [0.25, 0.3) is 22.1 Å². The maximum Gasteiger partial charge on any atom is 0.214 e. The zero-order chi connectivity index (χ0) is 26.0. The van der Waals surface area contributed by atoms with E-state index >= 15 is 0 Å². The molecule has 0 saturated carbocycles. The van der Waals surface area contributed by atoms with E-state index in [1.807, 2.05) is 36.4 Å². The lowest BCUT2D eigenvalue weighted by Crippen LogP contribution is -1.95. The molecule has 0 aliphatic rings. The summed E-state index contributed by atoms with van der Waals surface area (Å²) in [5, 5.41) is 3.02. The predicted molar refractivity (Wildman–Crippen MR) is 143 cm³/mol. The van der Waals surface area contributed by atoms with E-state index in [0.29, 0.717) is 21.8 Å². The summed E-state index contributed by atoms with van der Waals surface area (Å²) in [6.07, 6.45) is 6.26. The largest absolute Gasteiger partial charge is 0.384 e. The molecular weight excluding hydrogens is 542 g/mol. The summed E-state index contributed by atoms with van der Waals surface area (Å²) in [6, 6.07) is 20.7. The van der Waals surface area contributed by atoms with E-state index in [-0.39, 0.29) is 0 Å². The molecule has 0 atom stereocenters. The number of anilines is 3. The van der Waals surface area contributed by atoms with Gasteiger partial charge in [-0.2, -0.15) is 8.78 Å². The molecule has 0 saturated heterocycles. The molecule has 3 N–H and O–H groups in total. The summed E-state index contributed by atoms with van der Waals surface area (Å²) in [5.74, 6) is 0.188. The van der Waals surface area contributed by atoms with Crippen molar-refractivity contribution in [3.05, 3.63) is 114 Å². The summed E-state index contributed by atoms with van der Waals surface area (Å²) < 4.78 is 25.7. The van der Waals surface area contributed by atoms with Crippen molar-refractivity contribution in [3.8, 4) is 0 Å². The third kappa shape index (κ3) is 7.67. The van der Waals surface area contributed by atoms with Gasteiger partial charge in [0.25, 0.3) is 0 Å². The van der Waals surface area contributed by atoms with Gasteiger partial charge in [0.2, 0.25) is 11.9 Å². The van der Waals surface area contributed by atoms with Gasteiger partial charge in [-0.15, -0.1) is 0 Å². The average Bonchev–Trinajstić information content (AvgIpc) is 2.89. The second kappa shape index (κ2) is 12.4. The number of nitrogens with zero attached hydrogens (tertiary/aromatic N) is 6. The van der Waals surface area contributed by atoms with Crippen molar-refractivity contribution in [2.75, 3.05) is 11.1 Å². The molecule has 6 rings (SSSR count). The lowest BCUT2D eigenvalue weighted by Gasteiger charge is -2.05. The minimum Gasteiger partial charge on any atom is -0.384 e. The van der Waals surface area contributed by atoms with Crippen molar-refractivity contribution < 1.29 is 8.78 Å². The molecule has 8 nitrogen and oxygen atoms in total. The Bertz CT molecular complexity index is 1620. The Morgan fingerprint density at radius 2 is 1.24 bits per heavy atom. The van der Waals surface area contributed by atoms with Crippen LogP contribution in [-0.2, 0) is 0 Å².